The van der Waals surface area contributed by atoms with Crippen LogP contribution in [0, 0.1) is 12.3 Å². The van der Waals surface area contributed by atoms with Crippen LogP contribution in [0.5, 0.6) is 0 Å². The molecule has 0 aromatic heterocycles. The van der Waals surface area contributed by atoms with Crippen molar-refractivity contribution < 1.29 is 19.4 Å². The third-order valence-corrected chi connectivity index (χ3v) is 2.86. The van der Waals surface area contributed by atoms with E-state index < -0.39 is 6.10 Å². The van der Waals surface area contributed by atoms with Gasteiger partial charge >= 0.3 is 6.09 Å². The lowest BCUT2D eigenvalue weighted by Gasteiger charge is -2.34. The van der Waals surface area contributed by atoms with E-state index in [-0.39, 0.29) is 19.3 Å². The summed E-state index contributed by atoms with van der Waals surface area (Å²) < 4.78 is 10.0. The lowest BCUT2D eigenvalue weighted by Crippen LogP contribution is -2.50. The van der Waals surface area contributed by atoms with Gasteiger partial charge in [-0.1, -0.05) is 5.92 Å². The lowest BCUT2D eigenvalue weighted by atomic mass is 10.3. The van der Waals surface area contributed by atoms with Crippen LogP contribution in [-0.2, 0) is 9.47 Å². The summed E-state index contributed by atoms with van der Waals surface area (Å²) in [4.78, 5) is 15.3. The Morgan fingerprint density at radius 2 is 2.11 bits per heavy atom. The van der Waals surface area contributed by atoms with E-state index in [1.165, 1.54) is 0 Å². The summed E-state index contributed by atoms with van der Waals surface area (Å²) in [7, 11) is 0. The van der Waals surface area contributed by atoms with Gasteiger partial charge in [0.25, 0.3) is 0 Å². The molecule has 0 aliphatic carbocycles. The number of rotatable bonds is 6. The number of hydrogen-bond donors (Lipinski definition) is 1. The molecule has 0 saturated carbocycles. The highest BCUT2D eigenvalue weighted by molar-refractivity contribution is 5.67. The van der Waals surface area contributed by atoms with E-state index in [1.807, 2.05) is 0 Å². The Hall–Kier alpha value is -1.29. The van der Waals surface area contributed by atoms with Crippen molar-refractivity contribution >= 4 is 6.09 Å². The van der Waals surface area contributed by atoms with Crippen LogP contribution in [0.3, 0.4) is 0 Å². The van der Waals surface area contributed by atoms with E-state index in [0.29, 0.717) is 26.2 Å². The third-order valence-electron chi connectivity index (χ3n) is 2.86. The number of aliphatic hydroxyl groups excluding tert-OH is 1. The summed E-state index contributed by atoms with van der Waals surface area (Å²) in [5, 5.41) is 9.75. The Kier molecular flexibility index (Phi) is 7.26. The fourth-order valence-electron chi connectivity index (χ4n) is 1.93. The number of β-amino-alcohol motifs (C(OH)–C–C–N with tert-alkyl or cyclic N) is 1. The zero-order valence-electron chi connectivity index (χ0n) is 11.4. The van der Waals surface area contributed by atoms with Crippen molar-refractivity contribution in [1.29, 1.82) is 0 Å². The highest BCUT2D eigenvalue weighted by Gasteiger charge is 2.23. The minimum absolute atomic E-state index is 0.216. The van der Waals surface area contributed by atoms with Crippen LogP contribution in [-0.4, -0.2) is 79.6 Å². The Labute approximate surface area is 114 Å². The van der Waals surface area contributed by atoms with Gasteiger partial charge in [0.15, 0.2) is 0 Å². The lowest BCUT2D eigenvalue weighted by molar-refractivity contribution is 0.0152. The summed E-state index contributed by atoms with van der Waals surface area (Å²) >= 11 is 0. The maximum atomic E-state index is 11.5. The molecule has 1 atom stereocenters. The second kappa shape index (κ2) is 8.75. The first-order valence-electron chi connectivity index (χ1n) is 6.50. The second-order valence-electron chi connectivity index (χ2n) is 4.36. The molecule has 19 heavy (non-hydrogen) atoms. The van der Waals surface area contributed by atoms with Crippen LogP contribution >= 0.6 is 0 Å². The quantitative estimate of drug-likeness (QED) is 0.534. The van der Waals surface area contributed by atoms with Gasteiger partial charge in [-0.2, -0.15) is 0 Å². The van der Waals surface area contributed by atoms with E-state index in [4.69, 9.17) is 15.9 Å². The smallest absolute Gasteiger partial charge is 0.409 e. The Bertz CT molecular complexity index is 308. The fraction of sp³-hybridized carbons (Fsp3) is 0.769. The number of carbonyl (C=O) groups excluding carboxylic acids is 1. The first kappa shape index (κ1) is 15.8. The molecule has 1 aliphatic rings. The Balaban J connectivity index is 2.19. The molecule has 1 heterocycles. The number of hydrogen-bond acceptors (Lipinski definition) is 5. The van der Waals surface area contributed by atoms with Gasteiger partial charge in [0, 0.05) is 32.7 Å². The summed E-state index contributed by atoms with van der Waals surface area (Å²) in [6, 6.07) is 0. The molecule has 6 nitrogen and oxygen atoms in total. The molecule has 0 unspecified atom stereocenters. The van der Waals surface area contributed by atoms with Gasteiger partial charge in [0.1, 0.15) is 6.61 Å². The summed E-state index contributed by atoms with van der Waals surface area (Å²) in [5.74, 6) is 2.35. The molecule has 1 rings (SSSR count). The van der Waals surface area contributed by atoms with Crippen LogP contribution in [0.25, 0.3) is 0 Å². The number of amides is 1. The maximum Gasteiger partial charge on any atom is 0.409 e. The number of nitrogens with zero attached hydrogens (tertiary/aromatic N) is 2. The van der Waals surface area contributed by atoms with Crippen molar-refractivity contribution in [1.82, 2.24) is 9.80 Å². The summed E-state index contributed by atoms with van der Waals surface area (Å²) in [6.45, 7) is 5.87. The van der Waals surface area contributed by atoms with E-state index in [9.17, 15) is 9.90 Å². The highest BCUT2D eigenvalue weighted by Crippen LogP contribution is 2.04. The van der Waals surface area contributed by atoms with Gasteiger partial charge in [-0.05, 0) is 6.92 Å². The largest absolute Gasteiger partial charge is 0.450 e. The number of carbonyl (C=O) groups is 1. The van der Waals surface area contributed by atoms with Crippen LogP contribution in [0.2, 0.25) is 0 Å². The molecule has 0 spiro atoms. The van der Waals surface area contributed by atoms with Gasteiger partial charge < -0.3 is 19.5 Å². The maximum absolute atomic E-state index is 11.5. The number of aliphatic hydroxyl groups is 1. The molecule has 1 N–H and O–H groups in total. The zero-order chi connectivity index (χ0) is 14.1. The predicted octanol–water partition coefficient (Wildman–Crippen LogP) is -0.229. The zero-order valence-corrected chi connectivity index (χ0v) is 11.4. The third kappa shape index (κ3) is 5.92. The molecule has 0 bridgehead atoms. The topological polar surface area (TPSA) is 62.2 Å². The van der Waals surface area contributed by atoms with Crippen LogP contribution in [0.1, 0.15) is 6.92 Å². The molecule has 1 aliphatic heterocycles. The van der Waals surface area contributed by atoms with Crippen molar-refractivity contribution in [3.63, 3.8) is 0 Å². The first-order valence-corrected chi connectivity index (χ1v) is 6.50. The molecule has 0 radical (unpaired) electrons. The van der Waals surface area contributed by atoms with Gasteiger partial charge in [-0.15, -0.1) is 6.42 Å². The number of piperazine rings is 1. The van der Waals surface area contributed by atoms with E-state index in [1.54, 1.807) is 11.8 Å². The normalized spacial score (nSPS) is 17.8. The van der Waals surface area contributed by atoms with Crippen molar-refractivity contribution in [2.45, 2.75) is 13.0 Å². The van der Waals surface area contributed by atoms with Gasteiger partial charge in [0.05, 0.1) is 19.3 Å². The highest BCUT2D eigenvalue weighted by atomic mass is 16.6. The van der Waals surface area contributed by atoms with Gasteiger partial charge in [-0.25, -0.2) is 4.79 Å². The van der Waals surface area contributed by atoms with E-state index in [0.717, 1.165) is 13.1 Å². The van der Waals surface area contributed by atoms with Gasteiger partial charge in [0.2, 0.25) is 0 Å². The average molecular weight is 270 g/mol. The van der Waals surface area contributed by atoms with Crippen molar-refractivity contribution in [2.75, 3.05) is 52.5 Å². The molecule has 0 aromatic rings. The van der Waals surface area contributed by atoms with E-state index in [2.05, 4.69) is 10.8 Å². The molecule has 1 amide bonds. The van der Waals surface area contributed by atoms with Crippen molar-refractivity contribution in [3.8, 4) is 12.3 Å². The van der Waals surface area contributed by atoms with Crippen molar-refractivity contribution in [3.05, 3.63) is 0 Å². The average Bonchev–Trinajstić information content (AvgIpc) is 2.40. The predicted molar refractivity (Wildman–Crippen MR) is 70.7 cm³/mol. The molecule has 1 fully saturated rings. The fourth-order valence-corrected chi connectivity index (χ4v) is 1.93. The first-order chi connectivity index (χ1) is 9.17. The van der Waals surface area contributed by atoms with Crippen LogP contribution < -0.4 is 0 Å². The molecule has 6 heteroatoms. The molecular formula is C13H22N2O4. The van der Waals surface area contributed by atoms with Crippen molar-refractivity contribution in [2.24, 2.45) is 0 Å². The van der Waals surface area contributed by atoms with Crippen LogP contribution in [0.4, 0.5) is 4.79 Å². The molecule has 108 valence electrons. The SMILES string of the molecule is C#CCOC[C@@H](O)CN1CCN(C(=O)OCC)CC1. The molecule has 1 saturated heterocycles. The minimum atomic E-state index is -0.553. The number of ether oxygens (including phenoxy) is 2. The monoisotopic (exact) mass is 270 g/mol. The number of terminal acetylenes is 1. The second-order valence-corrected chi connectivity index (χ2v) is 4.36. The van der Waals surface area contributed by atoms with Crippen LogP contribution in [0.15, 0.2) is 0 Å². The van der Waals surface area contributed by atoms with E-state index >= 15 is 0 Å². The summed E-state index contributed by atoms with van der Waals surface area (Å²) in [6.07, 6.45) is 4.23. The minimum Gasteiger partial charge on any atom is -0.450 e. The summed E-state index contributed by atoms with van der Waals surface area (Å²) in [5.41, 5.74) is 0. The van der Waals surface area contributed by atoms with Gasteiger partial charge in [-0.3, -0.25) is 4.90 Å². The Morgan fingerprint density at radius 1 is 1.42 bits per heavy atom. The standard InChI is InChI=1S/C13H22N2O4/c1-3-9-18-11-12(16)10-14-5-7-15(8-6-14)13(17)19-4-2/h1,12,16H,4-11H2,2H3/t12-/m0/s1. The molecular weight excluding hydrogens is 248 g/mol. The Morgan fingerprint density at radius 3 is 2.68 bits per heavy atom. The molecule has 0 aromatic carbocycles.